The molecular weight excluding hydrogens is 275 g/mol. The molecule has 1 unspecified atom stereocenters. The first kappa shape index (κ1) is 16.8. The normalized spacial score (nSPS) is 13.5. The number of hydrogen-bond donors (Lipinski definition) is 1. The van der Waals surface area contributed by atoms with Gasteiger partial charge in [0, 0.05) is 19.9 Å². The molecule has 116 valence electrons. The summed E-state index contributed by atoms with van der Waals surface area (Å²) in [5, 5.41) is 2.96. The summed E-state index contributed by atoms with van der Waals surface area (Å²) in [4.78, 5) is 4.28. The number of nitrogens with one attached hydrogen (secondary N) is 1. The summed E-state index contributed by atoms with van der Waals surface area (Å²) in [6.07, 6.45) is -2.43. The first-order valence-corrected chi connectivity index (χ1v) is 6.26. The van der Waals surface area contributed by atoms with E-state index < -0.39 is 12.8 Å². The van der Waals surface area contributed by atoms with Crippen molar-refractivity contribution in [3.63, 3.8) is 0 Å². The molecule has 0 saturated heterocycles. The minimum atomic E-state index is -4.29. The SMILES string of the molecule is COCC(C)n1cc(C)nc1NCCOCC(F)(F)F. The standard InChI is InChI=1S/C12H20F3N3O2/c1-9-6-18(10(2)7-19-3)11(17-9)16-4-5-20-8-12(13,14)15/h6,10H,4-5,7-8H2,1-3H3,(H,16,17). The zero-order chi connectivity index (χ0) is 15.2. The van der Waals surface area contributed by atoms with E-state index in [0.717, 1.165) is 5.69 Å². The van der Waals surface area contributed by atoms with Crippen LogP contribution in [-0.4, -0.2) is 49.2 Å². The van der Waals surface area contributed by atoms with Crippen LogP contribution in [0.5, 0.6) is 0 Å². The molecule has 0 aliphatic heterocycles. The average Bonchev–Trinajstić information content (AvgIpc) is 2.69. The molecule has 0 aliphatic carbocycles. The Morgan fingerprint density at radius 3 is 2.75 bits per heavy atom. The van der Waals surface area contributed by atoms with Crippen LogP contribution in [0.3, 0.4) is 0 Å². The second kappa shape index (κ2) is 7.49. The molecule has 0 amide bonds. The fourth-order valence-corrected chi connectivity index (χ4v) is 1.73. The van der Waals surface area contributed by atoms with Crippen molar-refractivity contribution in [3.8, 4) is 0 Å². The molecule has 1 rings (SSSR count). The van der Waals surface area contributed by atoms with E-state index in [1.807, 2.05) is 24.6 Å². The molecule has 1 aromatic heterocycles. The van der Waals surface area contributed by atoms with E-state index in [1.54, 1.807) is 7.11 Å². The summed E-state index contributed by atoms with van der Waals surface area (Å²) in [5.41, 5.74) is 0.826. The topological polar surface area (TPSA) is 48.3 Å². The largest absolute Gasteiger partial charge is 0.411 e. The number of nitrogens with zero attached hydrogens (tertiary/aromatic N) is 2. The van der Waals surface area contributed by atoms with Crippen molar-refractivity contribution >= 4 is 5.95 Å². The molecule has 0 saturated carbocycles. The van der Waals surface area contributed by atoms with Crippen LogP contribution < -0.4 is 5.32 Å². The number of aromatic nitrogens is 2. The number of rotatable bonds is 8. The molecule has 1 N–H and O–H groups in total. The Morgan fingerprint density at radius 1 is 1.45 bits per heavy atom. The van der Waals surface area contributed by atoms with Gasteiger partial charge in [0.15, 0.2) is 0 Å². The van der Waals surface area contributed by atoms with Crippen LogP contribution in [0.1, 0.15) is 18.7 Å². The molecule has 0 aliphatic rings. The van der Waals surface area contributed by atoms with E-state index in [-0.39, 0.29) is 19.2 Å². The van der Waals surface area contributed by atoms with Crippen LogP contribution in [0.2, 0.25) is 0 Å². The number of hydrogen-bond acceptors (Lipinski definition) is 4. The minimum Gasteiger partial charge on any atom is -0.383 e. The Labute approximate surface area is 116 Å². The van der Waals surface area contributed by atoms with Crippen LogP contribution in [0.15, 0.2) is 6.20 Å². The fraction of sp³-hybridized carbons (Fsp3) is 0.750. The Kier molecular flexibility index (Phi) is 6.28. The summed E-state index contributed by atoms with van der Waals surface area (Å²) in [6.45, 7) is 3.32. The van der Waals surface area contributed by atoms with E-state index in [4.69, 9.17) is 4.74 Å². The number of imidazole rings is 1. The predicted molar refractivity (Wildman–Crippen MR) is 68.9 cm³/mol. The highest BCUT2D eigenvalue weighted by molar-refractivity contribution is 5.29. The van der Waals surface area contributed by atoms with Gasteiger partial charge in [-0.15, -0.1) is 0 Å². The molecule has 0 bridgehead atoms. The zero-order valence-electron chi connectivity index (χ0n) is 11.8. The van der Waals surface area contributed by atoms with Crippen molar-refractivity contribution in [2.45, 2.75) is 26.1 Å². The van der Waals surface area contributed by atoms with Gasteiger partial charge in [-0.3, -0.25) is 0 Å². The third kappa shape index (κ3) is 5.79. The first-order valence-electron chi connectivity index (χ1n) is 6.26. The van der Waals surface area contributed by atoms with E-state index in [2.05, 4.69) is 15.0 Å². The van der Waals surface area contributed by atoms with Crippen molar-refractivity contribution in [3.05, 3.63) is 11.9 Å². The predicted octanol–water partition coefficient (Wildman–Crippen LogP) is 2.39. The van der Waals surface area contributed by atoms with Crippen molar-refractivity contribution in [1.82, 2.24) is 9.55 Å². The van der Waals surface area contributed by atoms with Crippen molar-refractivity contribution in [2.24, 2.45) is 0 Å². The van der Waals surface area contributed by atoms with E-state index in [0.29, 0.717) is 12.6 Å². The number of methoxy groups -OCH3 is 1. The number of halogens is 3. The van der Waals surface area contributed by atoms with E-state index >= 15 is 0 Å². The van der Waals surface area contributed by atoms with Gasteiger partial charge in [-0.1, -0.05) is 0 Å². The molecule has 5 nitrogen and oxygen atoms in total. The maximum absolute atomic E-state index is 11.9. The van der Waals surface area contributed by atoms with Gasteiger partial charge in [0.05, 0.1) is 24.9 Å². The van der Waals surface area contributed by atoms with Gasteiger partial charge in [0.2, 0.25) is 5.95 Å². The molecular formula is C12H20F3N3O2. The maximum Gasteiger partial charge on any atom is 0.411 e. The summed E-state index contributed by atoms with van der Waals surface area (Å²) in [6, 6.07) is 0.0831. The number of aryl methyl sites for hydroxylation is 1. The Morgan fingerprint density at radius 2 is 2.15 bits per heavy atom. The second-order valence-corrected chi connectivity index (χ2v) is 4.51. The molecule has 1 heterocycles. The van der Waals surface area contributed by atoms with Crippen LogP contribution >= 0.6 is 0 Å². The third-order valence-corrected chi connectivity index (χ3v) is 2.53. The van der Waals surface area contributed by atoms with Crippen LogP contribution in [0, 0.1) is 6.92 Å². The highest BCUT2D eigenvalue weighted by Gasteiger charge is 2.27. The summed E-state index contributed by atoms with van der Waals surface area (Å²) < 4.78 is 47.2. The van der Waals surface area contributed by atoms with Crippen LogP contribution in [0.4, 0.5) is 19.1 Å². The molecule has 0 spiro atoms. The molecule has 0 radical (unpaired) electrons. The van der Waals surface area contributed by atoms with Gasteiger partial charge in [0.1, 0.15) is 6.61 Å². The van der Waals surface area contributed by atoms with Gasteiger partial charge in [-0.25, -0.2) is 4.98 Å². The van der Waals surface area contributed by atoms with Crippen LogP contribution in [0.25, 0.3) is 0 Å². The van der Waals surface area contributed by atoms with Gasteiger partial charge >= 0.3 is 6.18 Å². The highest BCUT2D eigenvalue weighted by atomic mass is 19.4. The highest BCUT2D eigenvalue weighted by Crippen LogP contribution is 2.16. The quantitative estimate of drug-likeness (QED) is 0.748. The molecule has 1 atom stereocenters. The fourth-order valence-electron chi connectivity index (χ4n) is 1.73. The summed E-state index contributed by atoms with van der Waals surface area (Å²) in [7, 11) is 1.61. The maximum atomic E-state index is 11.9. The molecule has 8 heteroatoms. The Balaban J connectivity index is 2.43. The lowest BCUT2D eigenvalue weighted by Crippen LogP contribution is -2.21. The summed E-state index contributed by atoms with van der Waals surface area (Å²) >= 11 is 0. The number of anilines is 1. The van der Waals surface area contributed by atoms with Crippen molar-refractivity contribution in [2.75, 3.05) is 38.8 Å². The molecule has 20 heavy (non-hydrogen) atoms. The van der Waals surface area contributed by atoms with Gasteiger partial charge in [0.25, 0.3) is 0 Å². The molecule has 0 fully saturated rings. The number of ether oxygens (including phenoxy) is 2. The van der Waals surface area contributed by atoms with E-state index in [9.17, 15) is 13.2 Å². The van der Waals surface area contributed by atoms with Gasteiger partial charge in [-0.05, 0) is 13.8 Å². The zero-order valence-corrected chi connectivity index (χ0v) is 11.8. The lowest BCUT2D eigenvalue weighted by Gasteiger charge is -2.16. The summed E-state index contributed by atoms with van der Waals surface area (Å²) in [5.74, 6) is 0.600. The lowest BCUT2D eigenvalue weighted by molar-refractivity contribution is -0.172. The van der Waals surface area contributed by atoms with E-state index in [1.165, 1.54) is 0 Å². The average molecular weight is 295 g/mol. The number of alkyl halides is 3. The van der Waals surface area contributed by atoms with Gasteiger partial charge < -0.3 is 19.4 Å². The monoisotopic (exact) mass is 295 g/mol. The third-order valence-electron chi connectivity index (χ3n) is 2.53. The molecule has 0 aromatic carbocycles. The molecule has 1 aromatic rings. The second-order valence-electron chi connectivity index (χ2n) is 4.51. The lowest BCUT2D eigenvalue weighted by atomic mass is 10.3. The minimum absolute atomic E-state index is 0.0376. The van der Waals surface area contributed by atoms with Crippen LogP contribution in [-0.2, 0) is 9.47 Å². The van der Waals surface area contributed by atoms with Crippen molar-refractivity contribution < 1.29 is 22.6 Å². The van der Waals surface area contributed by atoms with Gasteiger partial charge in [-0.2, -0.15) is 13.2 Å². The first-order chi connectivity index (χ1) is 9.33. The Bertz CT molecular complexity index is 407. The smallest absolute Gasteiger partial charge is 0.383 e. The van der Waals surface area contributed by atoms with Crippen molar-refractivity contribution in [1.29, 1.82) is 0 Å². The Hall–Kier alpha value is -1.28.